The van der Waals surface area contributed by atoms with Crippen molar-refractivity contribution in [1.29, 1.82) is 0 Å². The van der Waals surface area contributed by atoms with Crippen molar-refractivity contribution in [3.05, 3.63) is 52.8 Å². The van der Waals surface area contributed by atoms with Crippen LogP contribution in [0.2, 0.25) is 0 Å². The zero-order valence-corrected chi connectivity index (χ0v) is 19.1. The molecule has 2 aromatic rings. The van der Waals surface area contributed by atoms with Gasteiger partial charge in [-0.05, 0) is 51.0 Å². The van der Waals surface area contributed by atoms with Crippen LogP contribution in [0, 0.1) is 0 Å². The van der Waals surface area contributed by atoms with Crippen molar-refractivity contribution in [2.75, 3.05) is 23.3 Å². The van der Waals surface area contributed by atoms with E-state index in [1.807, 2.05) is 0 Å². The largest absolute Gasteiger partial charge is 0.433 e. The number of alkyl halides is 3. The standard InChI is InChI=1S/C22H26F3N5O2S/c1-21(2,32)15-10-16(26)13(11-27-12-14-5-4-8-33-30-14)9-18(15)29-20(31)17-6-3-7-19(28-17)22(23,24)25/h3,6-7,9-11,14,30,32H,4-5,8,12,26H2,1-2H3,(H,29,31). The van der Waals surface area contributed by atoms with Gasteiger partial charge in [0.05, 0.1) is 12.1 Å². The quantitative estimate of drug-likeness (QED) is 0.282. The van der Waals surface area contributed by atoms with Crippen LogP contribution in [0.3, 0.4) is 0 Å². The highest BCUT2D eigenvalue weighted by atomic mass is 32.2. The Morgan fingerprint density at radius 2 is 2.15 bits per heavy atom. The summed E-state index contributed by atoms with van der Waals surface area (Å²) in [4.78, 5) is 20.5. The monoisotopic (exact) mass is 481 g/mol. The summed E-state index contributed by atoms with van der Waals surface area (Å²) in [5.41, 5.74) is 4.56. The van der Waals surface area contributed by atoms with Gasteiger partial charge in [0.25, 0.3) is 5.91 Å². The van der Waals surface area contributed by atoms with E-state index in [-0.39, 0.29) is 11.7 Å². The highest BCUT2D eigenvalue weighted by Gasteiger charge is 2.33. The molecule has 0 bridgehead atoms. The fraction of sp³-hybridized carbons (Fsp3) is 0.409. The summed E-state index contributed by atoms with van der Waals surface area (Å²) in [6, 6.07) is 6.40. The number of hydrogen-bond donors (Lipinski definition) is 4. The second kappa shape index (κ2) is 10.1. The fourth-order valence-electron chi connectivity index (χ4n) is 3.30. The molecule has 1 atom stereocenters. The maximum atomic E-state index is 13.0. The van der Waals surface area contributed by atoms with Crippen molar-refractivity contribution in [3.63, 3.8) is 0 Å². The Bertz CT molecular complexity index is 1030. The number of aliphatic hydroxyl groups is 1. The minimum atomic E-state index is -4.68. The average molecular weight is 482 g/mol. The van der Waals surface area contributed by atoms with Gasteiger partial charge in [-0.15, -0.1) is 0 Å². The van der Waals surface area contributed by atoms with Crippen molar-refractivity contribution in [2.45, 2.75) is 44.5 Å². The molecule has 1 aromatic carbocycles. The number of aliphatic imine (C=N–C) groups is 1. The molecule has 11 heteroatoms. The van der Waals surface area contributed by atoms with Crippen molar-refractivity contribution in [3.8, 4) is 0 Å². The third-order valence-corrected chi connectivity index (χ3v) is 6.00. The summed E-state index contributed by atoms with van der Waals surface area (Å²) < 4.78 is 42.2. The van der Waals surface area contributed by atoms with Crippen LogP contribution < -0.4 is 15.8 Å². The first-order valence-corrected chi connectivity index (χ1v) is 11.3. The normalized spacial score (nSPS) is 17.3. The lowest BCUT2D eigenvalue weighted by Gasteiger charge is -2.23. The second-order valence-electron chi connectivity index (χ2n) is 8.25. The minimum absolute atomic E-state index is 0.203. The Morgan fingerprint density at radius 3 is 2.79 bits per heavy atom. The van der Waals surface area contributed by atoms with Gasteiger partial charge >= 0.3 is 6.18 Å². The molecule has 2 heterocycles. The number of nitrogens with two attached hydrogens (primary N) is 1. The molecule has 0 spiro atoms. The third kappa shape index (κ3) is 6.68. The van der Waals surface area contributed by atoms with Gasteiger partial charge in [-0.2, -0.15) is 13.2 Å². The van der Waals surface area contributed by atoms with Gasteiger partial charge in [-0.25, -0.2) is 4.98 Å². The molecule has 1 aliphatic rings. The van der Waals surface area contributed by atoms with Gasteiger partial charge in [0.1, 0.15) is 11.4 Å². The number of aromatic nitrogens is 1. The molecule has 5 N–H and O–H groups in total. The van der Waals surface area contributed by atoms with E-state index in [9.17, 15) is 23.1 Å². The van der Waals surface area contributed by atoms with E-state index in [0.717, 1.165) is 30.7 Å². The molecule has 178 valence electrons. The van der Waals surface area contributed by atoms with Crippen molar-refractivity contribution in [2.24, 2.45) is 4.99 Å². The molecule has 33 heavy (non-hydrogen) atoms. The predicted molar refractivity (Wildman–Crippen MR) is 124 cm³/mol. The van der Waals surface area contributed by atoms with E-state index < -0.39 is 29.1 Å². The Morgan fingerprint density at radius 1 is 1.39 bits per heavy atom. The lowest BCUT2D eigenvalue weighted by Crippen LogP contribution is -2.30. The molecule has 1 aliphatic heterocycles. The number of carbonyl (C=O) groups excluding carboxylic acids is 1. The van der Waals surface area contributed by atoms with Crippen LogP contribution in [-0.2, 0) is 11.8 Å². The van der Waals surface area contributed by atoms with Gasteiger partial charge in [0, 0.05) is 40.5 Å². The van der Waals surface area contributed by atoms with Gasteiger partial charge in [-0.3, -0.25) is 14.5 Å². The molecule has 7 nitrogen and oxygen atoms in total. The first-order chi connectivity index (χ1) is 15.4. The number of carbonyl (C=O) groups is 1. The molecular weight excluding hydrogens is 455 g/mol. The summed E-state index contributed by atoms with van der Waals surface area (Å²) in [5.74, 6) is 0.220. The van der Waals surface area contributed by atoms with E-state index in [0.29, 0.717) is 23.4 Å². The Kier molecular flexibility index (Phi) is 7.65. The van der Waals surface area contributed by atoms with Crippen LogP contribution in [0.1, 0.15) is 54.0 Å². The van der Waals surface area contributed by atoms with Crippen molar-refractivity contribution >= 4 is 35.4 Å². The number of rotatable bonds is 6. The molecular formula is C22H26F3N5O2S. The number of nitrogens with one attached hydrogen (secondary N) is 2. The number of amides is 1. The molecule has 0 radical (unpaired) electrons. The molecule has 0 saturated carbocycles. The van der Waals surface area contributed by atoms with Gasteiger partial charge in [-0.1, -0.05) is 18.0 Å². The zero-order chi connectivity index (χ0) is 24.2. The van der Waals surface area contributed by atoms with Crippen LogP contribution in [-0.4, -0.2) is 40.6 Å². The lowest BCUT2D eigenvalue weighted by molar-refractivity contribution is -0.141. The van der Waals surface area contributed by atoms with E-state index >= 15 is 0 Å². The van der Waals surface area contributed by atoms with Crippen LogP contribution >= 0.6 is 11.9 Å². The minimum Gasteiger partial charge on any atom is -0.398 e. The number of anilines is 2. The maximum absolute atomic E-state index is 13.0. The Hall–Kier alpha value is -2.63. The summed E-state index contributed by atoms with van der Waals surface area (Å²) in [6.45, 7) is 3.58. The van der Waals surface area contributed by atoms with E-state index in [4.69, 9.17) is 5.73 Å². The molecule has 3 rings (SSSR count). The number of pyridine rings is 1. The molecule has 1 saturated heterocycles. The highest BCUT2D eigenvalue weighted by molar-refractivity contribution is 7.97. The van der Waals surface area contributed by atoms with E-state index in [1.165, 1.54) is 26.0 Å². The van der Waals surface area contributed by atoms with Crippen LogP contribution in [0.25, 0.3) is 0 Å². The van der Waals surface area contributed by atoms with Crippen LogP contribution in [0.5, 0.6) is 0 Å². The second-order valence-corrected chi connectivity index (χ2v) is 9.18. The number of benzene rings is 1. The van der Waals surface area contributed by atoms with Crippen LogP contribution in [0.4, 0.5) is 24.5 Å². The third-order valence-electron chi connectivity index (χ3n) is 5.01. The molecule has 1 aromatic heterocycles. The van der Waals surface area contributed by atoms with Crippen molar-refractivity contribution in [1.82, 2.24) is 9.71 Å². The van der Waals surface area contributed by atoms with Gasteiger partial charge in [0.15, 0.2) is 0 Å². The number of nitrogen functional groups attached to an aromatic ring is 1. The smallest absolute Gasteiger partial charge is 0.398 e. The van der Waals surface area contributed by atoms with Gasteiger partial charge in [0.2, 0.25) is 0 Å². The van der Waals surface area contributed by atoms with Gasteiger partial charge < -0.3 is 16.2 Å². The van der Waals surface area contributed by atoms with E-state index in [1.54, 1.807) is 24.2 Å². The van der Waals surface area contributed by atoms with Crippen molar-refractivity contribution < 1.29 is 23.1 Å². The predicted octanol–water partition coefficient (Wildman–Crippen LogP) is 3.98. The number of nitrogens with zero attached hydrogens (tertiary/aromatic N) is 2. The Labute approximate surface area is 194 Å². The molecule has 1 fully saturated rings. The summed E-state index contributed by atoms with van der Waals surface area (Å²) in [6.07, 6.45) is -0.962. The zero-order valence-electron chi connectivity index (χ0n) is 18.2. The topological polar surface area (TPSA) is 113 Å². The molecule has 0 aliphatic carbocycles. The average Bonchev–Trinajstić information content (AvgIpc) is 2.75. The lowest BCUT2D eigenvalue weighted by atomic mass is 9.94. The van der Waals surface area contributed by atoms with Crippen LogP contribution in [0.15, 0.2) is 35.3 Å². The SMILES string of the molecule is CC(C)(O)c1cc(N)c(C=NCC2CCCSN2)cc1NC(=O)c1cccc(C(F)(F)F)n1. The summed E-state index contributed by atoms with van der Waals surface area (Å²) >= 11 is 1.67. The molecule has 1 amide bonds. The summed E-state index contributed by atoms with van der Waals surface area (Å²) in [7, 11) is 0. The first-order valence-electron chi connectivity index (χ1n) is 10.3. The maximum Gasteiger partial charge on any atom is 0.433 e. The fourth-order valence-corrected chi connectivity index (χ4v) is 4.16. The van der Waals surface area contributed by atoms with E-state index in [2.05, 4.69) is 20.0 Å². The Balaban J connectivity index is 1.87. The highest BCUT2D eigenvalue weighted by Crippen LogP contribution is 2.32. The molecule has 1 unspecified atom stereocenters. The first kappa shape index (κ1) is 25.0. The number of halogens is 3. The number of hydrogen-bond acceptors (Lipinski definition) is 7. The summed E-state index contributed by atoms with van der Waals surface area (Å²) in [5, 5.41) is 13.1.